The normalized spacial score (nSPS) is 13.2. The lowest BCUT2D eigenvalue weighted by Crippen LogP contribution is -2.30. The summed E-state index contributed by atoms with van der Waals surface area (Å²) in [5.41, 5.74) is 1.55. The van der Waals surface area contributed by atoms with Gasteiger partial charge in [-0.3, -0.25) is 9.59 Å². The molecule has 0 fully saturated rings. The van der Waals surface area contributed by atoms with E-state index in [-0.39, 0.29) is 12.3 Å². The van der Waals surface area contributed by atoms with Crippen molar-refractivity contribution in [1.29, 1.82) is 0 Å². The first-order valence-corrected chi connectivity index (χ1v) is 9.79. The Morgan fingerprint density at radius 3 is 2.91 bits per heavy atom. The molecule has 6 nitrogen and oxygen atoms in total. The largest absolute Gasteiger partial charge is 0.490 e. The number of aliphatic carboxylic acids is 1. The van der Waals surface area contributed by atoms with Crippen molar-refractivity contribution in [3.05, 3.63) is 23.8 Å². The monoisotopic (exact) mass is 356 g/mol. The van der Waals surface area contributed by atoms with Crippen molar-refractivity contribution in [3.8, 4) is 5.75 Å². The number of nitrogens with zero attached hydrogens (tertiary/aromatic N) is 1. The number of carboxylic acid groups (broad SMARTS) is 1. The average Bonchev–Trinajstić information content (AvgIpc) is 2.53. The lowest BCUT2D eigenvalue weighted by molar-refractivity contribution is -0.136. The Hall–Kier alpha value is -1.54. The minimum Gasteiger partial charge on any atom is -0.490 e. The number of benzene rings is 1. The third kappa shape index (κ3) is 5.54. The number of amides is 1. The number of hydrogen-bond donors (Lipinski definition) is 2. The summed E-state index contributed by atoms with van der Waals surface area (Å²) in [7, 11) is 5.06. The molecule has 2 rings (SSSR count). The maximum Gasteiger partial charge on any atom is 0.304 e. The van der Waals surface area contributed by atoms with Gasteiger partial charge in [0.15, 0.2) is 0 Å². The van der Waals surface area contributed by atoms with Crippen molar-refractivity contribution in [1.82, 2.24) is 5.32 Å². The van der Waals surface area contributed by atoms with E-state index < -0.39 is 5.97 Å². The molecule has 1 aromatic rings. The Morgan fingerprint density at radius 2 is 2.13 bits per heavy atom. The zero-order chi connectivity index (χ0) is 16.7. The Morgan fingerprint density at radius 1 is 1.35 bits per heavy atom. The number of carbonyl (C=O) groups excluding carboxylic acids is 1. The molecule has 8 heteroatoms. The molecular formula is C15H20N2O4S2. The summed E-state index contributed by atoms with van der Waals surface area (Å²) >= 11 is 0. The second-order valence-corrected chi connectivity index (χ2v) is 7.70. The smallest absolute Gasteiger partial charge is 0.304 e. The van der Waals surface area contributed by atoms with Gasteiger partial charge >= 0.3 is 5.97 Å². The van der Waals surface area contributed by atoms with Gasteiger partial charge in [0, 0.05) is 30.7 Å². The molecule has 1 amide bonds. The van der Waals surface area contributed by atoms with Gasteiger partial charge in [0.2, 0.25) is 0 Å². The number of hydrogen-bond acceptors (Lipinski definition) is 6. The molecule has 0 radical (unpaired) electrons. The van der Waals surface area contributed by atoms with Gasteiger partial charge in [0.25, 0.3) is 5.91 Å². The highest BCUT2D eigenvalue weighted by atomic mass is 33.1. The molecule has 0 bridgehead atoms. The summed E-state index contributed by atoms with van der Waals surface area (Å²) in [6, 6.07) is 5.44. The number of carboxylic acids is 1. The van der Waals surface area contributed by atoms with Crippen LogP contribution in [0.5, 0.6) is 5.75 Å². The maximum absolute atomic E-state index is 12.2. The highest BCUT2D eigenvalue weighted by Gasteiger charge is 2.17. The van der Waals surface area contributed by atoms with Crippen LogP contribution in [0.15, 0.2) is 18.2 Å². The standard InChI is InChI=1S/C15H20N2O4S2/c1-17-6-7-21-13-3-2-11(10-12(13)17)15(20)16-5-9-23-22-8-4-14(18)19/h2-3,10H,4-9H2,1H3,(H,16,20)(H,18,19). The van der Waals surface area contributed by atoms with Crippen LogP contribution < -0.4 is 15.0 Å². The third-order valence-corrected chi connectivity index (χ3v) is 5.68. The minimum absolute atomic E-state index is 0.108. The van der Waals surface area contributed by atoms with Crippen LogP contribution in [-0.2, 0) is 4.79 Å². The van der Waals surface area contributed by atoms with Crippen LogP contribution in [0.4, 0.5) is 5.69 Å². The van der Waals surface area contributed by atoms with Crippen LogP contribution in [0.25, 0.3) is 0 Å². The highest BCUT2D eigenvalue weighted by Crippen LogP contribution is 2.31. The number of anilines is 1. The Kier molecular flexibility index (Phi) is 6.91. The van der Waals surface area contributed by atoms with Crippen LogP contribution in [0, 0.1) is 0 Å². The number of rotatable bonds is 8. The van der Waals surface area contributed by atoms with E-state index in [1.807, 2.05) is 19.2 Å². The van der Waals surface area contributed by atoms with E-state index >= 15 is 0 Å². The molecule has 0 saturated heterocycles. The van der Waals surface area contributed by atoms with Gasteiger partial charge in [-0.2, -0.15) is 0 Å². The summed E-state index contributed by atoms with van der Waals surface area (Å²) in [4.78, 5) is 24.6. The Bertz CT molecular complexity index is 568. The first-order chi connectivity index (χ1) is 11.1. The molecule has 0 spiro atoms. The minimum atomic E-state index is -0.784. The van der Waals surface area contributed by atoms with E-state index in [4.69, 9.17) is 9.84 Å². The number of likely N-dealkylation sites (N-methyl/N-ethyl adjacent to an activating group) is 1. The number of ether oxygens (including phenoxy) is 1. The first-order valence-electron chi connectivity index (χ1n) is 7.30. The lowest BCUT2D eigenvalue weighted by atomic mass is 10.1. The van der Waals surface area contributed by atoms with E-state index in [2.05, 4.69) is 10.2 Å². The zero-order valence-corrected chi connectivity index (χ0v) is 14.5. The van der Waals surface area contributed by atoms with Crippen molar-refractivity contribution in [2.24, 2.45) is 0 Å². The van der Waals surface area contributed by atoms with Crippen molar-refractivity contribution < 1.29 is 19.4 Å². The van der Waals surface area contributed by atoms with Gasteiger partial charge < -0.3 is 20.1 Å². The van der Waals surface area contributed by atoms with E-state index in [0.29, 0.717) is 24.5 Å². The fraction of sp³-hybridized carbons (Fsp3) is 0.467. The number of nitrogens with one attached hydrogen (secondary N) is 1. The van der Waals surface area contributed by atoms with Gasteiger partial charge in [-0.05, 0) is 18.2 Å². The quantitative estimate of drug-likeness (QED) is 0.545. The summed E-state index contributed by atoms with van der Waals surface area (Å²) in [6.45, 7) is 2.01. The lowest BCUT2D eigenvalue weighted by Gasteiger charge is -2.27. The van der Waals surface area contributed by atoms with Crippen molar-refractivity contribution >= 4 is 39.2 Å². The average molecular weight is 356 g/mol. The van der Waals surface area contributed by atoms with E-state index in [1.54, 1.807) is 16.9 Å². The summed E-state index contributed by atoms with van der Waals surface area (Å²) in [5, 5.41) is 11.4. The molecule has 0 aliphatic carbocycles. The molecule has 1 aliphatic heterocycles. The zero-order valence-electron chi connectivity index (χ0n) is 12.9. The first kappa shape index (κ1) is 17.8. The summed E-state index contributed by atoms with van der Waals surface area (Å²) < 4.78 is 5.56. The van der Waals surface area contributed by atoms with Crippen LogP contribution >= 0.6 is 21.6 Å². The van der Waals surface area contributed by atoms with Crippen molar-refractivity contribution in [2.45, 2.75) is 6.42 Å². The molecule has 1 heterocycles. The van der Waals surface area contributed by atoms with Gasteiger partial charge in [-0.25, -0.2) is 0 Å². The molecular weight excluding hydrogens is 336 g/mol. The predicted octanol–water partition coefficient (Wildman–Crippen LogP) is 2.10. The van der Waals surface area contributed by atoms with Gasteiger partial charge in [0.05, 0.1) is 18.7 Å². The number of fused-ring (bicyclic) bond motifs is 1. The highest BCUT2D eigenvalue weighted by molar-refractivity contribution is 8.76. The molecule has 1 aromatic carbocycles. The fourth-order valence-electron chi connectivity index (χ4n) is 2.05. The van der Waals surface area contributed by atoms with Crippen LogP contribution in [0.1, 0.15) is 16.8 Å². The molecule has 1 aliphatic rings. The van der Waals surface area contributed by atoms with E-state index in [1.165, 1.54) is 10.8 Å². The fourth-order valence-corrected chi connectivity index (χ4v) is 3.93. The van der Waals surface area contributed by atoms with Gasteiger partial charge in [0.1, 0.15) is 12.4 Å². The van der Waals surface area contributed by atoms with Crippen LogP contribution in [0.3, 0.4) is 0 Å². The van der Waals surface area contributed by atoms with Crippen molar-refractivity contribution in [3.63, 3.8) is 0 Å². The SMILES string of the molecule is CN1CCOc2ccc(C(=O)NCCSSCCC(=O)O)cc21. The number of carbonyl (C=O) groups is 2. The molecule has 0 unspecified atom stereocenters. The van der Waals surface area contributed by atoms with Crippen LogP contribution in [-0.4, -0.2) is 55.2 Å². The van der Waals surface area contributed by atoms with Crippen LogP contribution in [0.2, 0.25) is 0 Å². The third-order valence-electron chi connectivity index (χ3n) is 3.27. The van der Waals surface area contributed by atoms with E-state index in [9.17, 15) is 9.59 Å². The summed E-state index contributed by atoms with van der Waals surface area (Å²) in [6.07, 6.45) is 0.161. The second kappa shape index (κ2) is 8.93. The van der Waals surface area contributed by atoms with Gasteiger partial charge in [-0.1, -0.05) is 21.6 Å². The van der Waals surface area contributed by atoms with Gasteiger partial charge in [-0.15, -0.1) is 0 Å². The Balaban J connectivity index is 1.74. The van der Waals surface area contributed by atoms with E-state index in [0.717, 1.165) is 23.7 Å². The molecule has 2 N–H and O–H groups in total. The molecule has 0 saturated carbocycles. The molecule has 0 atom stereocenters. The molecule has 23 heavy (non-hydrogen) atoms. The summed E-state index contributed by atoms with van der Waals surface area (Å²) in [5.74, 6) is 1.23. The van der Waals surface area contributed by atoms with Crippen molar-refractivity contribution in [2.75, 3.05) is 43.1 Å². The Labute approximate surface area is 143 Å². The molecule has 0 aromatic heterocycles. The maximum atomic E-state index is 12.2. The predicted molar refractivity (Wildman–Crippen MR) is 94.7 cm³/mol. The molecule has 126 valence electrons. The second-order valence-electron chi connectivity index (χ2n) is 5.00. The topological polar surface area (TPSA) is 78.9 Å².